The van der Waals surface area contributed by atoms with Crippen molar-refractivity contribution in [3.63, 3.8) is 0 Å². The zero-order valence-electron chi connectivity index (χ0n) is 10.9. The van der Waals surface area contributed by atoms with Gasteiger partial charge in [-0.05, 0) is 39.5 Å². The maximum atomic E-state index is 11.9. The Morgan fingerprint density at radius 3 is 2.44 bits per heavy atom. The Kier molecular flexibility index (Phi) is 4.78. The van der Waals surface area contributed by atoms with E-state index in [-0.39, 0.29) is 17.5 Å². The average Bonchev–Trinajstić information content (AvgIpc) is 2.17. The molecule has 3 heteroatoms. The first-order chi connectivity index (χ1) is 7.42. The van der Waals surface area contributed by atoms with E-state index in [2.05, 4.69) is 5.32 Å². The number of hydrogen-bond donors (Lipinski definition) is 2. The van der Waals surface area contributed by atoms with E-state index in [9.17, 15) is 4.79 Å². The minimum absolute atomic E-state index is 0.0252. The van der Waals surface area contributed by atoms with E-state index >= 15 is 0 Å². The van der Waals surface area contributed by atoms with Gasteiger partial charge in [0.25, 0.3) is 0 Å². The molecule has 0 aromatic carbocycles. The number of hydrogen-bond acceptors (Lipinski definition) is 2. The van der Waals surface area contributed by atoms with Gasteiger partial charge in [-0.25, -0.2) is 0 Å². The summed E-state index contributed by atoms with van der Waals surface area (Å²) in [4.78, 5) is 11.9. The molecular weight excluding hydrogens is 200 g/mol. The van der Waals surface area contributed by atoms with Crippen LogP contribution < -0.4 is 11.1 Å². The van der Waals surface area contributed by atoms with Crippen LogP contribution in [0.2, 0.25) is 0 Å². The lowest BCUT2D eigenvalue weighted by Gasteiger charge is -2.31. The van der Waals surface area contributed by atoms with Gasteiger partial charge in [-0.2, -0.15) is 0 Å². The molecule has 16 heavy (non-hydrogen) atoms. The minimum Gasteiger partial charge on any atom is -0.350 e. The van der Waals surface area contributed by atoms with E-state index < -0.39 is 0 Å². The highest BCUT2D eigenvalue weighted by Crippen LogP contribution is 2.26. The highest BCUT2D eigenvalue weighted by molar-refractivity contribution is 5.77. The second kappa shape index (κ2) is 5.67. The monoisotopic (exact) mass is 226 g/mol. The molecule has 0 aromatic heterocycles. The normalized spacial score (nSPS) is 20.5. The molecule has 0 bridgehead atoms. The number of rotatable bonds is 4. The second-order valence-electron chi connectivity index (χ2n) is 5.77. The molecule has 0 spiro atoms. The second-order valence-corrected chi connectivity index (χ2v) is 5.77. The number of nitrogens with two attached hydrogens (primary N) is 1. The third kappa shape index (κ3) is 4.12. The van der Waals surface area contributed by atoms with Crippen molar-refractivity contribution in [1.29, 1.82) is 0 Å². The zero-order valence-corrected chi connectivity index (χ0v) is 10.9. The quantitative estimate of drug-likeness (QED) is 0.772. The smallest absolute Gasteiger partial charge is 0.220 e. The van der Waals surface area contributed by atoms with Gasteiger partial charge in [0.05, 0.1) is 0 Å². The van der Waals surface area contributed by atoms with Gasteiger partial charge in [0.2, 0.25) is 5.91 Å². The summed E-state index contributed by atoms with van der Waals surface area (Å²) in [6.07, 6.45) is 7.01. The number of amides is 1. The van der Waals surface area contributed by atoms with Crippen LogP contribution in [-0.2, 0) is 4.79 Å². The summed E-state index contributed by atoms with van der Waals surface area (Å²) in [6, 6.07) is -0.0252. The lowest BCUT2D eigenvalue weighted by molar-refractivity contribution is -0.124. The molecule has 1 saturated carbocycles. The molecule has 1 aliphatic carbocycles. The van der Waals surface area contributed by atoms with E-state index in [0.29, 0.717) is 12.3 Å². The van der Waals surface area contributed by atoms with Crippen molar-refractivity contribution >= 4 is 5.91 Å². The third-order valence-electron chi connectivity index (χ3n) is 3.80. The van der Waals surface area contributed by atoms with Crippen molar-refractivity contribution in [2.45, 2.75) is 70.9 Å². The fourth-order valence-corrected chi connectivity index (χ4v) is 2.18. The van der Waals surface area contributed by atoms with E-state index in [1.807, 2.05) is 20.8 Å². The van der Waals surface area contributed by atoms with Crippen molar-refractivity contribution < 1.29 is 4.79 Å². The first-order valence-electron chi connectivity index (χ1n) is 6.48. The lowest BCUT2D eigenvalue weighted by atomic mass is 9.86. The van der Waals surface area contributed by atoms with Crippen LogP contribution in [0.25, 0.3) is 0 Å². The van der Waals surface area contributed by atoms with Gasteiger partial charge in [-0.15, -0.1) is 0 Å². The first-order valence-corrected chi connectivity index (χ1v) is 6.48. The fraction of sp³-hybridized carbons (Fsp3) is 0.923. The van der Waals surface area contributed by atoms with Gasteiger partial charge < -0.3 is 11.1 Å². The molecule has 0 aromatic rings. The number of carbonyl (C=O) groups excluding carboxylic acids is 1. The Hall–Kier alpha value is -0.570. The zero-order chi connectivity index (χ0) is 12.2. The van der Waals surface area contributed by atoms with Crippen LogP contribution in [0.4, 0.5) is 0 Å². The van der Waals surface area contributed by atoms with Crippen LogP contribution in [0, 0.1) is 5.92 Å². The van der Waals surface area contributed by atoms with Crippen LogP contribution in [-0.4, -0.2) is 17.5 Å². The lowest BCUT2D eigenvalue weighted by Crippen LogP contribution is -2.54. The third-order valence-corrected chi connectivity index (χ3v) is 3.80. The van der Waals surface area contributed by atoms with Crippen LogP contribution in [0.3, 0.4) is 0 Å². The Morgan fingerprint density at radius 2 is 1.94 bits per heavy atom. The molecule has 1 rings (SSSR count). The molecule has 3 N–H and O–H groups in total. The molecule has 1 amide bonds. The Morgan fingerprint density at radius 1 is 1.38 bits per heavy atom. The molecule has 1 atom stereocenters. The largest absolute Gasteiger partial charge is 0.350 e. The summed E-state index contributed by atoms with van der Waals surface area (Å²) in [6.45, 7) is 5.90. The first kappa shape index (κ1) is 13.5. The topological polar surface area (TPSA) is 55.1 Å². The van der Waals surface area contributed by atoms with E-state index in [1.165, 1.54) is 32.1 Å². The fourth-order valence-electron chi connectivity index (χ4n) is 2.18. The van der Waals surface area contributed by atoms with E-state index in [0.717, 1.165) is 0 Å². The van der Waals surface area contributed by atoms with Crippen molar-refractivity contribution in [1.82, 2.24) is 5.32 Å². The summed E-state index contributed by atoms with van der Waals surface area (Å²) in [7, 11) is 0. The van der Waals surface area contributed by atoms with Gasteiger partial charge in [0, 0.05) is 18.0 Å². The molecule has 0 heterocycles. The molecule has 0 saturated heterocycles. The van der Waals surface area contributed by atoms with Gasteiger partial charge >= 0.3 is 0 Å². The Bertz CT molecular complexity index is 230. The van der Waals surface area contributed by atoms with Crippen LogP contribution in [0.5, 0.6) is 0 Å². The van der Waals surface area contributed by atoms with Gasteiger partial charge in [0.15, 0.2) is 0 Å². The average molecular weight is 226 g/mol. The summed E-state index contributed by atoms with van der Waals surface area (Å²) < 4.78 is 0. The predicted octanol–water partition coefficient (Wildman–Crippen LogP) is 2.20. The Balaban J connectivity index is 2.34. The van der Waals surface area contributed by atoms with Gasteiger partial charge in [0.1, 0.15) is 0 Å². The van der Waals surface area contributed by atoms with E-state index in [4.69, 9.17) is 5.73 Å². The van der Waals surface area contributed by atoms with Crippen molar-refractivity contribution in [2.24, 2.45) is 11.7 Å². The molecule has 1 aliphatic rings. The number of carbonyl (C=O) groups is 1. The summed E-state index contributed by atoms with van der Waals surface area (Å²) in [5, 5.41) is 3.04. The Labute approximate surface area is 99.2 Å². The SMILES string of the molecule is CC(N)C(C)(C)NC(=O)CC1CCCCC1. The highest BCUT2D eigenvalue weighted by Gasteiger charge is 2.26. The summed E-state index contributed by atoms with van der Waals surface area (Å²) in [5.74, 6) is 0.756. The standard InChI is InChI=1S/C13H26N2O/c1-10(14)13(2,3)15-12(16)9-11-7-5-4-6-8-11/h10-11H,4-9,14H2,1-3H3,(H,15,16). The maximum absolute atomic E-state index is 11.9. The highest BCUT2D eigenvalue weighted by atomic mass is 16.1. The molecule has 3 nitrogen and oxygen atoms in total. The van der Waals surface area contributed by atoms with Crippen molar-refractivity contribution in [2.75, 3.05) is 0 Å². The molecule has 94 valence electrons. The van der Waals surface area contributed by atoms with Crippen molar-refractivity contribution in [3.05, 3.63) is 0 Å². The molecule has 1 unspecified atom stereocenters. The van der Waals surface area contributed by atoms with E-state index in [1.54, 1.807) is 0 Å². The van der Waals surface area contributed by atoms with Crippen LogP contribution in [0.1, 0.15) is 59.3 Å². The molecule has 1 fully saturated rings. The molecular formula is C13H26N2O. The van der Waals surface area contributed by atoms with Gasteiger partial charge in [-0.1, -0.05) is 19.3 Å². The minimum atomic E-state index is -0.300. The summed E-state index contributed by atoms with van der Waals surface area (Å²) >= 11 is 0. The maximum Gasteiger partial charge on any atom is 0.220 e. The van der Waals surface area contributed by atoms with Crippen LogP contribution in [0.15, 0.2) is 0 Å². The molecule has 0 radical (unpaired) electrons. The van der Waals surface area contributed by atoms with Crippen LogP contribution >= 0.6 is 0 Å². The summed E-state index contributed by atoms with van der Waals surface area (Å²) in [5.41, 5.74) is 5.54. The predicted molar refractivity (Wildman–Crippen MR) is 67.1 cm³/mol. The number of nitrogens with one attached hydrogen (secondary N) is 1. The van der Waals surface area contributed by atoms with Crippen molar-refractivity contribution in [3.8, 4) is 0 Å². The molecule has 0 aliphatic heterocycles. The van der Waals surface area contributed by atoms with Gasteiger partial charge in [-0.3, -0.25) is 4.79 Å².